The van der Waals surface area contributed by atoms with Gasteiger partial charge >= 0.3 is 6.03 Å². The molecule has 2 amide bonds. The lowest BCUT2D eigenvalue weighted by atomic mass is 10.2. The number of rotatable bonds is 5. The molecule has 2 aromatic rings. The predicted octanol–water partition coefficient (Wildman–Crippen LogP) is 4.44. The summed E-state index contributed by atoms with van der Waals surface area (Å²) in [7, 11) is 3.01. The molecule has 0 radical (unpaired) electrons. The highest BCUT2D eigenvalue weighted by Crippen LogP contribution is 2.35. The van der Waals surface area contributed by atoms with E-state index < -0.39 is 0 Å². The van der Waals surface area contributed by atoms with Gasteiger partial charge in [-0.2, -0.15) is 0 Å². The molecule has 5 nitrogen and oxygen atoms in total. The molecule has 0 aliphatic carbocycles. The Morgan fingerprint density at radius 1 is 1.17 bits per heavy atom. The SMILES string of the molecule is COc1cc(NC(=O)NCc2cccc(Br)c2)c(OC)cc1Cl. The van der Waals surface area contributed by atoms with E-state index in [-0.39, 0.29) is 6.03 Å². The number of halogens is 2. The van der Waals surface area contributed by atoms with Gasteiger partial charge in [-0.25, -0.2) is 4.79 Å². The zero-order valence-corrected chi connectivity index (χ0v) is 15.0. The van der Waals surface area contributed by atoms with Gasteiger partial charge in [0.05, 0.1) is 24.9 Å². The standard InChI is InChI=1S/C16H16BrClN2O3/c1-22-14-8-13(15(23-2)7-12(14)18)20-16(21)19-9-10-4-3-5-11(17)6-10/h3-8H,9H2,1-2H3,(H2,19,20,21). The molecule has 0 aromatic heterocycles. The second kappa shape index (κ2) is 8.08. The number of amides is 2. The van der Waals surface area contributed by atoms with Gasteiger partial charge in [0, 0.05) is 23.2 Å². The van der Waals surface area contributed by atoms with Gasteiger partial charge in [-0.3, -0.25) is 0 Å². The molecule has 7 heteroatoms. The molecule has 2 aromatic carbocycles. The monoisotopic (exact) mass is 398 g/mol. The highest BCUT2D eigenvalue weighted by atomic mass is 79.9. The van der Waals surface area contributed by atoms with E-state index in [2.05, 4.69) is 26.6 Å². The van der Waals surface area contributed by atoms with Crippen LogP contribution in [0, 0.1) is 0 Å². The van der Waals surface area contributed by atoms with Crippen LogP contribution in [0.1, 0.15) is 5.56 Å². The highest BCUT2D eigenvalue weighted by molar-refractivity contribution is 9.10. The van der Waals surface area contributed by atoms with Crippen molar-refractivity contribution in [3.05, 3.63) is 51.5 Å². The maximum atomic E-state index is 12.1. The Balaban J connectivity index is 2.05. The fourth-order valence-electron chi connectivity index (χ4n) is 1.95. The van der Waals surface area contributed by atoms with E-state index >= 15 is 0 Å². The molecule has 2 N–H and O–H groups in total. The summed E-state index contributed by atoms with van der Waals surface area (Å²) in [6.07, 6.45) is 0. The number of carbonyl (C=O) groups excluding carboxylic acids is 1. The van der Waals surface area contributed by atoms with E-state index in [4.69, 9.17) is 21.1 Å². The quantitative estimate of drug-likeness (QED) is 0.781. The zero-order chi connectivity index (χ0) is 16.8. The lowest BCUT2D eigenvalue weighted by Crippen LogP contribution is -2.28. The Morgan fingerprint density at radius 2 is 1.91 bits per heavy atom. The minimum Gasteiger partial charge on any atom is -0.495 e. The van der Waals surface area contributed by atoms with Crippen LogP contribution in [0.4, 0.5) is 10.5 Å². The van der Waals surface area contributed by atoms with Gasteiger partial charge in [-0.1, -0.05) is 39.7 Å². The van der Waals surface area contributed by atoms with E-state index in [0.717, 1.165) is 10.0 Å². The zero-order valence-electron chi connectivity index (χ0n) is 12.7. The van der Waals surface area contributed by atoms with Crippen LogP contribution < -0.4 is 20.1 Å². The minimum absolute atomic E-state index is 0.354. The van der Waals surface area contributed by atoms with Gasteiger partial charge in [0.25, 0.3) is 0 Å². The number of hydrogen-bond donors (Lipinski definition) is 2. The summed E-state index contributed by atoms with van der Waals surface area (Å²) >= 11 is 9.43. The Morgan fingerprint density at radius 3 is 2.57 bits per heavy atom. The van der Waals surface area contributed by atoms with Crippen molar-refractivity contribution in [3.63, 3.8) is 0 Å². The van der Waals surface area contributed by atoms with Crippen molar-refractivity contribution in [2.75, 3.05) is 19.5 Å². The largest absolute Gasteiger partial charge is 0.495 e. The Kier molecular flexibility index (Phi) is 6.12. The van der Waals surface area contributed by atoms with Gasteiger partial charge in [0.15, 0.2) is 0 Å². The van der Waals surface area contributed by atoms with E-state index in [1.54, 1.807) is 12.1 Å². The summed E-state index contributed by atoms with van der Waals surface area (Å²) in [5, 5.41) is 5.91. The van der Waals surface area contributed by atoms with Crippen LogP contribution in [-0.2, 0) is 6.54 Å². The third-order valence-electron chi connectivity index (χ3n) is 3.06. The molecule has 0 aliphatic rings. The van der Waals surface area contributed by atoms with E-state index in [1.165, 1.54) is 14.2 Å². The molecule has 0 heterocycles. The molecule has 122 valence electrons. The minimum atomic E-state index is -0.354. The van der Waals surface area contributed by atoms with Crippen molar-refractivity contribution >= 4 is 39.2 Å². The van der Waals surface area contributed by atoms with Crippen LogP contribution in [0.25, 0.3) is 0 Å². The summed E-state index contributed by atoms with van der Waals surface area (Å²) in [4.78, 5) is 12.1. The number of benzene rings is 2. The smallest absolute Gasteiger partial charge is 0.319 e. The predicted molar refractivity (Wildman–Crippen MR) is 94.6 cm³/mol. The summed E-state index contributed by atoms with van der Waals surface area (Å²) in [5.41, 5.74) is 1.45. The maximum Gasteiger partial charge on any atom is 0.319 e. The van der Waals surface area contributed by atoms with Crippen LogP contribution in [-0.4, -0.2) is 20.3 Å². The van der Waals surface area contributed by atoms with Gasteiger partial charge in [-0.05, 0) is 17.7 Å². The maximum absolute atomic E-state index is 12.1. The van der Waals surface area contributed by atoms with Crippen LogP contribution in [0.15, 0.2) is 40.9 Å². The number of nitrogens with one attached hydrogen (secondary N) is 2. The molecule has 0 fully saturated rings. The molecule has 0 atom stereocenters. The lowest BCUT2D eigenvalue weighted by Gasteiger charge is -2.13. The lowest BCUT2D eigenvalue weighted by molar-refractivity contribution is 0.251. The summed E-state index contributed by atoms with van der Waals surface area (Å²) < 4.78 is 11.3. The Hall–Kier alpha value is -1.92. The highest BCUT2D eigenvalue weighted by Gasteiger charge is 2.12. The molecule has 2 rings (SSSR count). The second-order valence-electron chi connectivity index (χ2n) is 4.62. The molecular formula is C16H16BrClN2O3. The molecule has 0 unspecified atom stereocenters. The number of ether oxygens (including phenoxy) is 2. The number of urea groups is 1. The van der Waals surface area contributed by atoms with Crippen molar-refractivity contribution in [2.24, 2.45) is 0 Å². The topological polar surface area (TPSA) is 59.6 Å². The van der Waals surface area contributed by atoms with Crippen molar-refractivity contribution in [3.8, 4) is 11.5 Å². The van der Waals surface area contributed by atoms with Crippen molar-refractivity contribution < 1.29 is 14.3 Å². The first kappa shape index (κ1) is 17.4. The third-order valence-corrected chi connectivity index (χ3v) is 3.85. The van der Waals surface area contributed by atoms with Crippen molar-refractivity contribution in [1.29, 1.82) is 0 Å². The summed E-state index contributed by atoms with van der Waals surface area (Å²) in [5.74, 6) is 0.906. The van der Waals surface area contributed by atoms with Crippen LogP contribution in [0.2, 0.25) is 5.02 Å². The van der Waals surface area contributed by atoms with Crippen molar-refractivity contribution in [2.45, 2.75) is 6.54 Å². The molecule has 0 bridgehead atoms. The summed E-state index contributed by atoms with van der Waals surface area (Å²) in [6.45, 7) is 0.401. The summed E-state index contributed by atoms with van der Waals surface area (Å²) in [6, 6.07) is 10.5. The van der Waals surface area contributed by atoms with Gasteiger partial charge in [-0.15, -0.1) is 0 Å². The Labute approximate surface area is 148 Å². The fraction of sp³-hybridized carbons (Fsp3) is 0.188. The van der Waals surface area contributed by atoms with Crippen LogP contribution in [0.5, 0.6) is 11.5 Å². The third kappa shape index (κ3) is 4.77. The van der Waals surface area contributed by atoms with Crippen LogP contribution >= 0.6 is 27.5 Å². The first-order chi connectivity index (χ1) is 11.0. The fourth-order valence-corrected chi connectivity index (χ4v) is 2.63. The average Bonchev–Trinajstić information content (AvgIpc) is 2.54. The van der Waals surface area contributed by atoms with Crippen molar-refractivity contribution in [1.82, 2.24) is 5.32 Å². The van der Waals surface area contributed by atoms with E-state index in [1.807, 2.05) is 24.3 Å². The molecule has 23 heavy (non-hydrogen) atoms. The number of methoxy groups -OCH3 is 2. The average molecular weight is 400 g/mol. The van der Waals surface area contributed by atoms with Gasteiger partial charge < -0.3 is 20.1 Å². The van der Waals surface area contributed by atoms with Gasteiger partial charge in [0.2, 0.25) is 0 Å². The molecule has 0 spiro atoms. The van der Waals surface area contributed by atoms with E-state index in [9.17, 15) is 4.79 Å². The van der Waals surface area contributed by atoms with Gasteiger partial charge in [0.1, 0.15) is 11.5 Å². The second-order valence-corrected chi connectivity index (χ2v) is 5.95. The molecule has 0 aliphatic heterocycles. The first-order valence-corrected chi connectivity index (χ1v) is 7.91. The molecule has 0 saturated heterocycles. The first-order valence-electron chi connectivity index (χ1n) is 6.74. The normalized spacial score (nSPS) is 10.1. The number of anilines is 1. The molecule has 0 saturated carbocycles. The van der Waals surface area contributed by atoms with E-state index in [0.29, 0.717) is 28.8 Å². The molecular weight excluding hydrogens is 384 g/mol. The Bertz CT molecular complexity index is 710. The number of carbonyl (C=O) groups is 1. The number of hydrogen-bond acceptors (Lipinski definition) is 3. The van der Waals surface area contributed by atoms with Crippen LogP contribution in [0.3, 0.4) is 0 Å².